The number of carbonyl (C=O) groups excluding carboxylic acids is 1. The molecule has 0 aliphatic heterocycles. The van der Waals surface area contributed by atoms with Crippen LogP contribution in [0.15, 0.2) is 28.4 Å². The fourth-order valence-electron chi connectivity index (χ4n) is 2.95. The second kappa shape index (κ2) is 6.73. The molecule has 118 valence electrons. The second-order valence-corrected chi connectivity index (χ2v) is 6.52. The Kier molecular flexibility index (Phi) is 4.71. The molecular weight excluding hydrogens is 346 g/mol. The number of benzene rings is 1. The van der Waals surface area contributed by atoms with Gasteiger partial charge in [0.25, 0.3) is 0 Å². The molecule has 0 aromatic heterocycles. The van der Waals surface area contributed by atoms with Gasteiger partial charge in [-0.05, 0) is 60.2 Å². The minimum Gasteiger partial charge on any atom is -0.493 e. The summed E-state index contributed by atoms with van der Waals surface area (Å²) in [4.78, 5) is 11.6. The van der Waals surface area contributed by atoms with Gasteiger partial charge in [0.1, 0.15) is 0 Å². The summed E-state index contributed by atoms with van der Waals surface area (Å²) in [5.41, 5.74) is 1.84. The third-order valence-electron chi connectivity index (χ3n) is 4.17. The highest BCUT2D eigenvalue weighted by atomic mass is 79.9. The fourth-order valence-corrected chi connectivity index (χ4v) is 3.45. The number of methoxy groups -OCH3 is 1. The predicted octanol–water partition coefficient (Wildman–Crippen LogP) is 4.40. The standard InChI is InChI=1S/C17H20BrNO3/c1-21-15-9-6-11(19-13-7-8-14(20)17(13)18)10-16(15)22-12-4-2-3-5-12/h6,9-10,12,19H,2-5,7-8H2,1H3. The Morgan fingerprint density at radius 2 is 1.95 bits per heavy atom. The van der Waals surface area contributed by atoms with Crippen LogP contribution in [0, 0.1) is 0 Å². The molecule has 0 spiro atoms. The molecule has 2 aliphatic rings. The second-order valence-electron chi connectivity index (χ2n) is 5.73. The zero-order chi connectivity index (χ0) is 15.5. The minimum atomic E-state index is 0.151. The molecule has 0 bridgehead atoms. The number of halogens is 1. The number of anilines is 1. The summed E-state index contributed by atoms with van der Waals surface area (Å²) in [5, 5.41) is 3.31. The lowest BCUT2D eigenvalue weighted by Gasteiger charge is -2.17. The number of Topliss-reactive ketones (excluding diaryl/α,β-unsaturated/α-hetero) is 1. The topological polar surface area (TPSA) is 47.6 Å². The Balaban J connectivity index is 1.79. The van der Waals surface area contributed by atoms with Crippen LogP contribution in [0.25, 0.3) is 0 Å². The van der Waals surface area contributed by atoms with Crippen molar-refractivity contribution in [3.63, 3.8) is 0 Å². The van der Waals surface area contributed by atoms with E-state index in [9.17, 15) is 4.79 Å². The van der Waals surface area contributed by atoms with Crippen LogP contribution >= 0.6 is 15.9 Å². The van der Waals surface area contributed by atoms with Gasteiger partial charge in [0.05, 0.1) is 17.7 Å². The van der Waals surface area contributed by atoms with E-state index in [1.165, 1.54) is 12.8 Å². The van der Waals surface area contributed by atoms with E-state index < -0.39 is 0 Å². The smallest absolute Gasteiger partial charge is 0.171 e. The molecule has 2 aliphatic carbocycles. The summed E-state index contributed by atoms with van der Waals surface area (Å²) in [6, 6.07) is 5.79. The van der Waals surface area contributed by atoms with E-state index in [0.717, 1.165) is 42.1 Å². The average Bonchev–Trinajstić information content (AvgIpc) is 3.13. The van der Waals surface area contributed by atoms with Crippen molar-refractivity contribution in [1.82, 2.24) is 0 Å². The third-order valence-corrected chi connectivity index (χ3v) is 5.09. The molecule has 3 rings (SSSR count). The Bertz CT molecular complexity index is 606. The zero-order valence-corrected chi connectivity index (χ0v) is 14.2. The molecule has 1 fully saturated rings. The molecular formula is C17H20BrNO3. The maximum Gasteiger partial charge on any atom is 0.171 e. The first-order valence-corrected chi connectivity index (χ1v) is 8.50. The number of ketones is 1. The van der Waals surface area contributed by atoms with Crippen LogP contribution in [0.5, 0.6) is 11.5 Å². The zero-order valence-electron chi connectivity index (χ0n) is 12.7. The van der Waals surface area contributed by atoms with Crippen molar-refractivity contribution in [3.8, 4) is 11.5 Å². The van der Waals surface area contributed by atoms with Crippen LogP contribution < -0.4 is 14.8 Å². The van der Waals surface area contributed by atoms with Crippen LogP contribution in [0.3, 0.4) is 0 Å². The van der Waals surface area contributed by atoms with Gasteiger partial charge in [-0.25, -0.2) is 0 Å². The number of carbonyl (C=O) groups is 1. The first kappa shape index (κ1) is 15.4. The van der Waals surface area contributed by atoms with Gasteiger partial charge in [-0.3, -0.25) is 4.79 Å². The molecule has 0 heterocycles. The molecule has 1 saturated carbocycles. The molecule has 5 heteroatoms. The van der Waals surface area contributed by atoms with Gasteiger partial charge in [0.15, 0.2) is 17.3 Å². The molecule has 22 heavy (non-hydrogen) atoms. The number of ether oxygens (including phenoxy) is 2. The van der Waals surface area contributed by atoms with E-state index in [-0.39, 0.29) is 11.9 Å². The molecule has 0 radical (unpaired) electrons. The molecule has 0 saturated heterocycles. The van der Waals surface area contributed by atoms with Crippen molar-refractivity contribution in [1.29, 1.82) is 0 Å². The van der Waals surface area contributed by atoms with E-state index in [4.69, 9.17) is 9.47 Å². The Labute approximate surface area is 139 Å². The molecule has 0 amide bonds. The quantitative estimate of drug-likeness (QED) is 0.839. The summed E-state index contributed by atoms with van der Waals surface area (Å²) in [6.07, 6.45) is 6.25. The van der Waals surface area contributed by atoms with Gasteiger partial charge in [-0.2, -0.15) is 0 Å². The van der Waals surface area contributed by atoms with Gasteiger partial charge in [-0.1, -0.05) is 0 Å². The minimum absolute atomic E-state index is 0.151. The molecule has 0 atom stereocenters. The highest BCUT2D eigenvalue weighted by molar-refractivity contribution is 9.12. The number of nitrogens with one attached hydrogen (secondary N) is 1. The van der Waals surface area contributed by atoms with Crippen LogP contribution in [0.1, 0.15) is 38.5 Å². The van der Waals surface area contributed by atoms with E-state index in [0.29, 0.717) is 10.9 Å². The molecule has 1 aromatic rings. The van der Waals surface area contributed by atoms with E-state index in [1.807, 2.05) is 18.2 Å². The van der Waals surface area contributed by atoms with Crippen LogP contribution in [0.2, 0.25) is 0 Å². The van der Waals surface area contributed by atoms with Crippen molar-refractivity contribution in [2.24, 2.45) is 0 Å². The van der Waals surface area contributed by atoms with Crippen molar-refractivity contribution in [3.05, 3.63) is 28.4 Å². The summed E-state index contributed by atoms with van der Waals surface area (Å²) < 4.78 is 12.1. The highest BCUT2D eigenvalue weighted by Crippen LogP contribution is 2.35. The van der Waals surface area contributed by atoms with Gasteiger partial charge in [-0.15, -0.1) is 0 Å². The summed E-state index contributed by atoms with van der Waals surface area (Å²) >= 11 is 3.36. The van der Waals surface area contributed by atoms with Crippen LogP contribution in [-0.2, 0) is 4.79 Å². The lowest BCUT2D eigenvalue weighted by molar-refractivity contribution is -0.114. The predicted molar refractivity (Wildman–Crippen MR) is 89.7 cm³/mol. The van der Waals surface area contributed by atoms with Crippen molar-refractivity contribution < 1.29 is 14.3 Å². The monoisotopic (exact) mass is 365 g/mol. The largest absolute Gasteiger partial charge is 0.493 e. The summed E-state index contributed by atoms with van der Waals surface area (Å²) in [7, 11) is 1.65. The summed E-state index contributed by atoms with van der Waals surface area (Å²) in [6.45, 7) is 0. The third kappa shape index (κ3) is 3.29. The highest BCUT2D eigenvalue weighted by Gasteiger charge is 2.22. The molecule has 1 aromatic carbocycles. The first-order valence-electron chi connectivity index (χ1n) is 7.71. The number of rotatable bonds is 5. The van der Waals surface area contributed by atoms with Crippen molar-refractivity contribution >= 4 is 27.4 Å². The van der Waals surface area contributed by atoms with Crippen molar-refractivity contribution in [2.75, 3.05) is 12.4 Å². The normalized spacial score (nSPS) is 18.9. The van der Waals surface area contributed by atoms with Crippen LogP contribution in [0.4, 0.5) is 5.69 Å². The Morgan fingerprint density at radius 1 is 1.18 bits per heavy atom. The molecule has 1 N–H and O–H groups in total. The van der Waals surface area contributed by atoms with Gasteiger partial charge in [0.2, 0.25) is 0 Å². The Morgan fingerprint density at radius 3 is 2.59 bits per heavy atom. The molecule has 4 nitrogen and oxygen atoms in total. The van der Waals surface area contributed by atoms with Crippen LogP contribution in [-0.4, -0.2) is 19.0 Å². The number of allylic oxidation sites excluding steroid dienone is 2. The lowest BCUT2D eigenvalue weighted by Crippen LogP contribution is -2.11. The van der Waals surface area contributed by atoms with Crippen molar-refractivity contribution in [2.45, 2.75) is 44.6 Å². The van der Waals surface area contributed by atoms with E-state index in [1.54, 1.807) is 7.11 Å². The maximum absolute atomic E-state index is 11.6. The SMILES string of the molecule is COc1ccc(NC2=C(Br)C(=O)CC2)cc1OC1CCCC1. The maximum atomic E-state index is 11.6. The number of hydrogen-bond donors (Lipinski definition) is 1. The number of hydrogen-bond acceptors (Lipinski definition) is 4. The lowest BCUT2D eigenvalue weighted by atomic mass is 10.2. The average molecular weight is 366 g/mol. The van der Waals surface area contributed by atoms with E-state index in [2.05, 4.69) is 21.2 Å². The van der Waals surface area contributed by atoms with Gasteiger partial charge < -0.3 is 14.8 Å². The van der Waals surface area contributed by atoms with E-state index >= 15 is 0 Å². The van der Waals surface area contributed by atoms with Gasteiger partial charge >= 0.3 is 0 Å². The molecule has 0 unspecified atom stereocenters. The first-order chi connectivity index (χ1) is 10.7. The Hall–Kier alpha value is -1.49. The van der Waals surface area contributed by atoms with Gasteiger partial charge in [0, 0.05) is 23.9 Å². The summed E-state index contributed by atoms with van der Waals surface area (Å²) in [5.74, 6) is 1.66. The fraction of sp³-hybridized carbons (Fsp3) is 0.471.